The molecule has 0 bridgehead atoms. The summed E-state index contributed by atoms with van der Waals surface area (Å²) in [5, 5.41) is 3.21. The lowest BCUT2D eigenvalue weighted by molar-refractivity contribution is -0.113. The number of H-pyrrole nitrogens is 1. The normalized spacial score (nSPS) is 10.7. The van der Waals surface area contributed by atoms with Crippen molar-refractivity contribution in [1.29, 1.82) is 0 Å². The van der Waals surface area contributed by atoms with Gasteiger partial charge in [0.1, 0.15) is 0 Å². The second-order valence-electron chi connectivity index (χ2n) is 4.02. The Bertz CT molecular complexity index is 798. The van der Waals surface area contributed by atoms with E-state index in [1.54, 1.807) is 0 Å². The average Bonchev–Trinajstić information content (AvgIpc) is 2.53. The summed E-state index contributed by atoms with van der Waals surface area (Å²) in [7, 11) is 0. The number of amides is 1. The maximum absolute atomic E-state index is 12.1. The number of thioether (sulfide) groups is 1. The zero-order valence-electron chi connectivity index (χ0n) is 10.9. The molecule has 0 spiro atoms. The number of halogens is 5. The molecule has 0 aliphatic rings. The van der Waals surface area contributed by atoms with E-state index in [2.05, 4.69) is 94.9 Å². The van der Waals surface area contributed by atoms with E-state index >= 15 is 0 Å². The molecule has 0 saturated carbocycles. The van der Waals surface area contributed by atoms with Crippen molar-refractivity contribution in [1.82, 2.24) is 9.97 Å². The van der Waals surface area contributed by atoms with Crippen LogP contribution in [0.25, 0.3) is 0 Å². The van der Waals surface area contributed by atoms with E-state index in [1.807, 2.05) is 0 Å². The van der Waals surface area contributed by atoms with Gasteiger partial charge in [0.25, 0.3) is 5.56 Å². The summed E-state index contributed by atoms with van der Waals surface area (Å²) in [6.45, 7) is 0. The summed E-state index contributed by atoms with van der Waals surface area (Å²) < 4.78 is 3.75. The molecule has 0 fully saturated rings. The fourth-order valence-corrected chi connectivity index (χ4v) is 5.34. The predicted molar refractivity (Wildman–Crippen MR) is 109 cm³/mol. The van der Waals surface area contributed by atoms with Crippen LogP contribution in [-0.4, -0.2) is 21.6 Å². The van der Waals surface area contributed by atoms with Crippen molar-refractivity contribution in [2.75, 3.05) is 11.1 Å². The maximum Gasteiger partial charge on any atom is 0.251 e. The average molecular weight is 656 g/mol. The molecule has 2 N–H and O–H groups in total. The quantitative estimate of drug-likeness (QED) is 0.203. The second kappa shape index (κ2) is 8.61. The van der Waals surface area contributed by atoms with Crippen LogP contribution in [-0.2, 0) is 4.79 Å². The molecule has 1 aromatic heterocycles. The number of anilines is 1. The Labute approximate surface area is 177 Å². The van der Waals surface area contributed by atoms with Gasteiger partial charge >= 0.3 is 0 Å². The number of hydrogen-bond acceptors (Lipinski definition) is 4. The highest BCUT2D eigenvalue weighted by Gasteiger charge is 2.19. The minimum atomic E-state index is -0.255. The fourth-order valence-electron chi connectivity index (χ4n) is 1.45. The third-order valence-corrected chi connectivity index (χ3v) is 9.44. The van der Waals surface area contributed by atoms with Gasteiger partial charge in [-0.15, -0.1) is 0 Å². The van der Waals surface area contributed by atoms with Crippen LogP contribution < -0.4 is 10.9 Å². The third kappa shape index (κ3) is 4.91. The molecule has 1 heterocycles. The molecule has 2 rings (SSSR count). The standard InChI is InChI=1S/C12H6Br5N3O2S/c13-6-7(14)9(16)11(10(17)8(6)15)19-5(22)3-23-12-18-2-1-4(21)20-12/h1-2H,3H2,(H,19,22)(H,18,20,21). The first-order valence-electron chi connectivity index (χ1n) is 5.80. The van der Waals surface area contributed by atoms with E-state index in [0.717, 1.165) is 25.2 Å². The largest absolute Gasteiger partial charge is 0.323 e. The van der Waals surface area contributed by atoms with Gasteiger partial charge in [-0.1, -0.05) is 11.8 Å². The van der Waals surface area contributed by atoms with Crippen molar-refractivity contribution >= 4 is 103 Å². The predicted octanol–water partition coefficient (Wildman–Crippen LogP) is 5.31. The summed E-state index contributed by atoms with van der Waals surface area (Å²) in [6, 6.07) is 1.31. The smallest absolute Gasteiger partial charge is 0.251 e. The van der Waals surface area contributed by atoms with Crippen LogP contribution in [0.2, 0.25) is 0 Å². The summed E-state index contributed by atoms with van der Waals surface area (Å²) in [6.07, 6.45) is 1.40. The number of benzene rings is 1. The number of aromatic amines is 1. The fraction of sp³-hybridized carbons (Fsp3) is 0.0833. The molecule has 0 saturated heterocycles. The lowest BCUT2D eigenvalue weighted by Gasteiger charge is -2.14. The van der Waals surface area contributed by atoms with Crippen LogP contribution in [0.3, 0.4) is 0 Å². The van der Waals surface area contributed by atoms with Gasteiger partial charge in [-0.05, 0) is 79.6 Å². The van der Waals surface area contributed by atoms with Gasteiger partial charge in [-0.3, -0.25) is 9.59 Å². The van der Waals surface area contributed by atoms with E-state index in [9.17, 15) is 9.59 Å². The molecule has 0 aliphatic heterocycles. The summed E-state index contributed by atoms with van der Waals surface area (Å²) >= 11 is 18.3. The van der Waals surface area contributed by atoms with Crippen LogP contribution in [0.4, 0.5) is 5.69 Å². The molecule has 0 unspecified atom stereocenters. The summed E-state index contributed by atoms with van der Waals surface area (Å²) in [5.41, 5.74) is 0.334. The van der Waals surface area contributed by atoms with Crippen molar-refractivity contribution in [3.63, 3.8) is 0 Å². The molecule has 2 aromatic rings. The number of aromatic nitrogens is 2. The first-order valence-corrected chi connectivity index (χ1v) is 10.8. The molecular weight excluding hydrogens is 650 g/mol. The Morgan fingerprint density at radius 1 is 1.09 bits per heavy atom. The van der Waals surface area contributed by atoms with Crippen LogP contribution in [0.1, 0.15) is 0 Å². The Balaban J connectivity index is 2.13. The van der Waals surface area contributed by atoms with Gasteiger partial charge in [0.2, 0.25) is 5.91 Å². The SMILES string of the molecule is O=C(CSc1nccc(=O)[nH]1)Nc1c(Br)c(Br)c(Br)c(Br)c1Br. The number of nitrogens with zero attached hydrogens (tertiary/aromatic N) is 1. The van der Waals surface area contributed by atoms with Crippen molar-refractivity contribution in [2.24, 2.45) is 0 Å². The molecule has 122 valence electrons. The van der Waals surface area contributed by atoms with Gasteiger partial charge in [-0.25, -0.2) is 4.98 Å². The minimum absolute atomic E-state index is 0.108. The van der Waals surface area contributed by atoms with Gasteiger partial charge < -0.3 is 10.3 Å². The number of carbonyl (C=O) groups is 1. The third-order valence-electron chi connectivity index (χ3n) is 2.46. The summed E-state index contributed by atoms with van der Waals surface area (Å²) in [5.74, 6) is -0.124. The molecule has 0 radical (unpaired) electrons. The molecule has 0 atom stereocenters. The summed E-state index contributed by atoms with van der Waals surface area (Å²) in [4.78, 5) is 29.9. The van der Waals surface area contributed by atoms with Crippen molar-refractivity contribution in [3.05, 3.63) is 45.0 Å². The zero-order chi connectivity index (χ0) is 17.1. The number of rotatable bonds is 4. The Kier molecular flexibility index (Phi) is 7.36. The van der Waals surface area contributed by atoms with Gasteiger partial charge in [0, 0.05) is 25.7 Å². The first kappa shape index (κ1) is 19.6. The zero-order valence-corrected chi connectivity index (χ0v) is 19.7. The van der Waals surface area contributed by atoms with E-state index < -0.39 is 0 Å². The Morgan fingerprint density at radius 2 is 1.65 bits per heavy atom. The highest BCUT2D eigenvalue weighted by atomic mass is 79.9. The molecule has 1 aromatic carbocycles. The van der Waals surface area contributed by atoms with Crippen LogP contribution in [0.5, 0.6) is 0 Å². The van der Waals surface area contributed by atoms with E-state index in [1.165, 1.54) is 12.3 Å². The second-order valence-corrected chi connectivity index (χ2v) is 8.95. The number of nitrogens with one attached hydrogen (secondary N) is 2. The molecule has 11 heteroatoms. The van der Waals surface area contributed by atoms with Crippen molar-refractivity contribution in [3.8, 4) is 0 Å². The Hall–Kier alpha value is 0.320. The number of hydrogen-bond donors (Lipinski definition) is 2. The molecule has 1 amide bonds. The highest BCUT2D eigenvalue weighted by Crippen LogP contribution is 2.47. The Morgan fingerprint density at radius 3 is 2.22 bits per heavy atom. The lowest BCUT2D eigenvalue weighted by atomic mass is 10.3. The van der Waals surface area contributed by atoms with Crippen LogP contribution in [0, 0.1) is 0 Å². The topological polar surface area (TPSA) is 74.8 Å². The highest BCUT2D eigenvalue weighted by molar-refractivity contribution is 9.15. The van der Waals surface area contributed by atoms with E-state index in [4.69, 9.17) is 0 Å². The van der Waals surface area contributed by atoms with Crippen molar-refractivity contribution < 1.29 is 4.79 Å². The van der Waals surface area contributed by atoms with Gasteiger partial charge in [0.15, 0.2) is 5.16 Å². The van der Waals surface area contributed by atoms with Gasteiger partial charge in [0.05, 0.1) is 20.4 Å². The lowest BCUT2D eigenvalue weighted by Crippen LogP contribution is -2.16. The molecule has 0 aliphatic carbocycles. The molecular formula is C12H6Br5N3O2S. The van der Waals surface area contributed by atoms with Crippen molar-refractivity contribution in [2.45, 2.75) is 5.16 Å². The number of carbonyl (C=O) groups excluding carboxylic acids is 1. The molecule has 5 nitrogen and oxygen atoms in total. The maximum atomic E-state index is 12.1. The van der Waals surface area contributed by atoms with Crippen LogP contribution >= 0.6 is 91.4 Å². The first-order chi connectivity index (χ1) is 10.8. The van der Waals surface area contributed by atoms with Crippen LogP contribution in [0.15, 0.2) is 44.6 Å². The van der Waals surface area contributed by atoms with Gasteiger partial charge in [-0.2, -0.15) is 0 Å². The van der Waals surface area contributed by atoms with E-state index in [-0.39, 0.29) is 17.2 Å². The van der Waals surface area contributed by atoms with E-state index in [0.29, 0.717) is 19.8 Å². The molecule has 23 heavy (non-hydrogen) atoms. The minimum Gasteiger partial charge on any atom is -0.323 e. The monoisotopic (exact) mass is 651 g/mol.